The molecule has 0 aliphatic heterocycles. The molecule has 0 bridgehead atoms. The van der Waals surface area contributed by atoms with Crippen molar-refractivity contribution in [2.45, 2.75) is 0 Å². The first-order chi connectivity index (χ1) is 6.70. The van der Waals surface area contributed by atoms with Crippen molar-refractivity contribution in [1.82, 2.24) is 14.3 Å². The molecule has 5 nitrogen and oxygen atoms in total. The molecule has 0 fully saturated rings. The minimum atomic E-state index is -0.226. The first-order valence-electron chi connectivity index (χ1n) is 4.15. The first-order valence-corrected chi connectivity index (χ1v) is 4.15. The number of anilines is 1. The van der Waals surface area contributed by atoms with E-state index in [1.807, 2.05) is 0 Å². The fourth-order valence-corrected chi connectivity index (χ4v) is 1.29. The summed E-state index contributed by atoms with van der Waals surface area (Å²) in [4.78, 5) is 11.6. The summed E-state index contributed by atoms with van der Waals surface area (Å²) in [6, 6.07) is 5.06. The van der Waals surface area contributed by atoms with E-state index in [-0.39, 0.29) is 11.2 Å². The van der Waals surface area contributed by atoms with Gasteiger partial charge in [-0.15, -0.1) is 0 Å². The molecule has 0 atom stereocenters. The fourth-order valence-electron chi connectivity index (χ4n) is 1.29. The molecule has 0 aromatic carbocycles. The number of nitrogen functional groups attached to an aromatic ring is 1. The summed E-state index contributed by atoms with van der Waals surface area (Å²) >= 11 is 0. The topological polar surface area (TPSA) is 65.8 Å². The van der Waals surface area contributed by atoms with E-state index in [1.165, 1.54) is 4.57 Å². The Labute approximate surface area is 80.4 Å². The second-order valence-corrected chi connectivity index (χ2v) is 2.95. The minimum Gasteiger partial charge on any atom is -0.394 e. The minimum absolute atomic E-state index is 0.226. The predicted molar refractivity (Wildman–Crippen MR) is 53.2 cm³/mol. The summed E-state index contributed by atoms with van der Waals surface area (Å²) in [5, 5.41) is 3.98. The Kier molecular flexibility index (Phi) is 1.85. The van der Waals surface area contributed by atoms with Crippen LogP contribution in [0.15, 0.2) is 35.4 Å². The van der Waals surface area contributed by atoms with E-state index in [4.69, 9.17) is 5.73 Å². The molecule has 0 radical (unpaired) electrons. The van der Waals surface area contributed by atoms with Crippen LogP contribution in [0.25, 0.3) is 5.82 Å². The van der Waals surface area contributed by atoms with Gasteiger partial charge >= 0.3 is 0 Å². The Hall–Kier alpha value is -2.04. The number of hydrogen-bond acceptors (Lipinski definition) is 3. The third-order valence-corrected chi connectivity index (χ3v) is 2.02. The lowest BCUT2D eigenvalue weighted by Crippen LogP contribution is -2.22. The van der Waals surface area contributed by atoms with Crippen LogP contribution in [0, 0.1) is 0 Å². The number of aryl methyl sites for hydroxylation is 1. The second-order valence-electron chi connectivity index (χ2n) is 2.95. The van der Waals surface area contributed by atoms with Crippen LogP contribution >= 0.6 is 0 Å². The van der Waals surface area contributed by atoms with E-state index in [0.29, 0.717) is 5.82 Å². The Morgan fingerprint density at radius 1 is 1.43 bits per heavy atom. The normalized spacial score (nSPS) is 10.4. The number of pyridine rings is 1. The van der Waals surface area contributed by atoms with Crippen LogP contribution in [-0.4, -0.2) is 14.3 Å². The quantitative estimate of drug-likeness (QED) is 0.696. The van der Waals surface area contributed by atoms with Gasteiger partial charge in [-0.05, 0) is 12.1 Å². The van der Waals surface area contributed by atoms with Gasteiger partial charge in [-0.2, -0.15) is 5.10 Å². The molecule has 0 saturated carbocycles. The highest BCUT2D eigenvalue weighted by Gasteiger charge is 2.04. The van der Waals surface area contributed by atoms with Gasteiger partial charge in [-0.1, -0.05) is 0 Å². The van der Waals surface area contributed by atoms with Crippen LogP contribution in [0.4, 0.5) is 5.69 Å². The molecule has 0 amide bonds. The van der Waals surface area contributed by atoms with E-state index in [0.717, 1.165) is 0 Å². The van der Waals surface area contributed by atoms with E-state index in [1.54, 1.807) is 42.3 Å². The molecular weight excluding hydrogens is 180 g/mol. The van der Waals surface area contributed by atoms with Gasteiger partial charge in [0.25, 0.3) is 5.56 Å². The number of hydrogen-bond donors (Lipinski definition) is 1. The van der Waals surface area contributed by atoms with E-state index in [2.05, 4.69) is 5.10 Å². The molecule has 2 aromatic heterocycles. The summed E-state index contributed by atoms with van der Waals surface area (Å²) in [5.41, 5.74) is 5.52. The lowest BCUT2D eigenvalue weighted by Gasteiger charge is -2.05. The SMILES string of the molecule is Cn1nccc1-n1cccc(N)c1=O. The average molecular weight is 190 g/mol. The Bertz CT molecular complexity index is 512. The van der Waals surface area contributed by atoms with Gasteiger partial charge in [0.1, 0.15) is 5.82 Å². The lowest BCUT2D eigenvalue weighted by molar-refractivity contribution is 0.722. The van der Waals surface area contributed by atoms with E-state index in [9.17, 15) is 4.79 Å². The highest BCUT2D eigenvalue weighted by molar-refractivity contribution is 5.37. The highest BCUT2D eigenvalue weighted by atomic mass is 16.1. The molecule has 0 spiro atoms. The summed E-state index contributed by atoms with van der Waals surface area (Å²) in [5.74, 6) is 0.697. The van der Waals surface area contributed by atoms with E-state index < -0.39 is 0 Å². The molecule has 2 N–H and O–H groups in total. The van der Waals surface area contributed by atoms with Gasteiger partial charge in [0, 0.05) is 19.3 Å². The summed E-state index contributed by atoms with van der Waals surface area (Å²) in [6.45, 7) is 0. The van der Waals surface area contributed by atoms with Gasteiger partial charge < -0.3 is 5.73 Å². The van der Waals surface area contributed by atoms with Crippen molar-refractivity contribution >= 4 is 5.69 Å². The zero-order chi connectivity index (χ0) is 10.1. The van der Waals surface area contributed by atoms with Crippen molar-refractivity contribution < 1.29 is 0 Å². The molecule has 2 heterocycles. The lowest BCUT2D eigenvalue weighted by atomic mass is 10.4. The van der Waals surface area contributed by atoms with Crippen LogP contribution in [0.1, 0.15) is 0 Å². The van der Waals surface area contributed by atoms with Crippen LogP contribution in [0.3, 0.4) is 0 Å². The third-order valence-electron chi connectivity index (χ3n) is 2.02. The molecule has 0 saturated heterocycles. The number of rotatable bonds is 1. The van der Waals surface area contributed by atoms with Gasteiger partial charge in [0.2, 0.25) is 0 Å². The molecule has 72 valence electrons. The summed E-state index contributed by atoms with van der Waals surface area (Å²) < 4.78 is 3.07. The predicted octanol–water partition coefficient (Wildman–Crippen LogP) is 0.153. The van der Waals surface area contributed by atoms with Gasteiger partial charge in [-0.25, -0.2) is 0 Å². The zero-order valence-corrected chi connectivity index (χ0v) is 7.71. The van der Waals surface area contributed by atoms with Crippen molar-refractivity contribution in [1.29, 1.82) is 0 Å². The number of aromatic nitrogens is 3. The monoisotopic (exact) mass is 190 g/mol. The molecule has 14 heavy (non-hydrogen) atoms. The number of nitrogens with zero attached hydrogens (tertiary/aromatic N) is 3. The van der Waals surface area contributed by atoms with Crippen molar-refractivity contribution in [2.75, 3.05) is 5.73 Å². The smallest absolute Gasteiger partial charge is 0.279 e. The second kappa shape index (κ2) is 3.02. The van der Waals surface area contributed by atoms with Crippen molar-refractivity contribution in [2.24, 2.45) is 7.05 Å². The molecule has 0 aliphatic rings. The molecular formula is C9H10N4O. The van der Waals surface area contributed by atoms with Crippen LogP contribution in [0.5, 0.6) is 0 Å². The molecule has 0 aliphatic carbocycles. The summed E-state index contributed by atoms with van der Waals surface area (Å²) in [6.07, 6.45) is 3.29. The highest BCUT2D eigenvalue weighted by Crippen LogP contribution is 2.03. The van der Waals surface area contributed by atoms with E-state index >= 15 is 0 Å². The first kappa shape index (κ1) is 8.55. The molecule has 2 aromatic rings. The molecule has 0 unspecified atom stereocenters. The zero-order valence-electron chi connectivity index (χ0n) is 7.71. The molecule has 5 heteroatoms. The van der Waals surface area contributed by atoms with Gasteiger partial charge in [-0.3, -0.25) is 14.0 Å². The maximum atomic E-state index is 11.6. The van der Waals surface area contributed by atoms with Crippen LogP contribution in [-0.2, 0) is 7.05 Å². The van der Waals surface area contributed by atoms with Crippen LogP contribution < -0.4 is 11.3 Å². The largest absolute Gasteiger partial charge is 0.394 e. The van der Waals surface area contributed by atoms with Gasteiger partial charge in [0.15, 0.2) is 0 Å². The summed E-state index contributed by atoms with van der Waals surface area (Å²) in [7, 11) is 1.77. The van der Waals surface area contributed by atoms with Crippen molar-refractivity contribution in [3.63, 3.8) is 0 Å². The fraction of sp³-hybridized carbons (Fsp3) is 0.111. The Morgan fingerprint density at radius 3 is 2.86 bits per heavy atom. The van der Waals surface area contributed by atoms with Gasteiger partial charge in [0.05, 0.1) is 11.9 Å². The Morgan fingerprint density at radius 2 is 2.21 bits per heavy atom. The third kappa shape index (κ3) is 1.19. The van der Waals surface area contributed by atoms with Crippen LogP contribution in [0.2, 0.25) is 0 Å². The van der Waals surface area contributed by atoms with Crippen molar-refractivity contribution in [3.05, 3.63) is 40.9 Å². The maximum absolute atomic E-state index is 11.6. The standard InChI is InChI=1S/C9H10N4O/c1-12-8(4-5-11-12)13-6-2-3-7(10)9(13)14/h2-6H,10H2,1H3. The van der Waals surface area contributed by atoms with Crippen molar-refractivity contribution in [3.8, 4) is 5.82 Å². The average Bonchev–Trinajstić information content (AvgIpc) is 2.57. The number of nitrogens with two attached hydrogens (primary N) is 1. The Balaban J connectivity index is 2.70. The molecule has 2 rings (SSSR count). The maximum Gasteiger partial charge on any atom is 0.279 e.